The molecule has 0 atom stereocenters. The SMILES string of the molecule is CC(C)(C)c1cc(CN(Cc2ccccn2)Cc2cc(C(C)(C)C)cc(C(C)(C)C)c2[O-])c([O-])c(C(C)(C)C)c1.CC(C)(C)c1cc(CN(Cc2ccccn2)Cc2cc(C(C)(C)C)cc(C(C)(C)C)c2[O-])c([O-])c(C(C)(C)C)c1.[Ni+3].[Ni+3]. The van der Waals surface area contributed by atoms with Crippen molar-refractivity contribution in [2.45, 2.75) is 249 Å². The van der Waals surface area contributed by atoms with Gasteiger partial charge >= 0.3 is 33.0 Å². The van der Waals surface area contributed by atoms with Crippen LogP contribution in [0.25, 0.3) is 0 Å². The van der Waals surface area contributed by atoms with E-state index in [1.807, 2.05) is 36.4 Å². The molecule has 0 unspecified atom stereocenters. The Morgan fingerprint density at radius 2 is 0.500 bits per heavy atom. The molecule has 6 rings (SSSR count). The van der Waals surface area contributed by atoms with Gasteiger partial charge in [0.25, 0.3) is 0 Å². The summed E-state index contributed by atoms with van der Waals surface area (Å²) in [5.41, 5.74) is 11.4. The molecular formula is C72H100N4Ni2O4+2. The number of hydrogen-bond acceptors (Lipinski definition) is 8. The maximum Gasteiger partial charge on any atom is 3.00 e. The van der Waals surface area contributed by atoms with E-state index in [1.54, 1.807) is 12.4 Å². The third-order valence-electron chi connectivity index (χ3n) is 15.2. The maximum absolute atomic E-state index is 13.9. The third-order valence-corrected chi connectivity index (χ3v) is 15.2. The molecule has 0 N–H and O–H groups in total. The summed E-state index contributed by atoms with van der Waals surface area (Å²) in [5.74, 6) is 0.362. The van der Waals surface area contributed by atoms with Gasteiger partial charge in [-0.2, -0.15) is 0 Å². The molecule has 0 aliphatic rings. The van der Waals surface area contributed by atoms with Crippen LogP contribution in [0.5, 0.6) is 23.0 Å². The van der Waals surface area contributed by atoms with Crippen LogP contribution in [-0.4, -0.2) is 19.8 Å². The minimum atomic E-state index is -0.274. The molecule has 450 valence electrons. The summed E-state index contributed by atoms with van der Waals surface area (Å²) in [6.45, 7) is 54.2. The number of rotatable bonds is 12. The fraction of sp³-hybridized carbons (Fsp3) is 0.528. The van der Waals surface area contributed by atoms with Crippen molar-refractivity contribution in [3.8, 4) is 23.0 Å². The summed E-state index contributed by atoms with van der Waals surface area (Å²) in [7, 11) is 0. The summed E-state index contributed by atoms with van der Waals surface area (Å²) >= 11 is 0. The summed E-state index contributed by atoms with van der Waals surface area (Å²) in [6.07, 6.45) is 3.59. The molecule has 2 heterocycles. The van der Waals surface area contributed by atoms with Crippen molar-refractivity contribution in [1.82, 2.24) is 19.8 Å². The van der Waals surface area contributed by atoms with Crippen molar-refractivity contribution in [3.63, 3.8) is 0 Å². The molecular weight excluding hydrogens is 1100 g/mol. The first kappa shape index (κ1) is 71.5. The van der Waals surface area contributed by atoms with Gasteiger partial charge in [0.15, 0.2) is 0 Å². The Kier molecular flexibility index (Phi) is 23.3. The zero-order chi connectivity index (χ0) is 60.5. The van der Waals surface area contributed by atoms with E-state index >= 15 is 0 Å². The number of nitrogens with zero attached hydrogens (tertiary/aromatic N) is 4. The van der Waals surface area contributed by atoms with Gasteiger partial charge in [0.1, 0.15) is 0 Å². The number of benzene rings is 4. The van der Waals surface area contributed by atoms with E-state index in [9.17, 15) is 20.4 Å². The maximum atomic E-state index is 13.9. The average Bonchev–Trinajstić information content (AvgIpc) is 3.29. The first-order chi connectivity index (χ1) is 36.3. The Hall–Kier alpha value is -4.71. The molecule has 0 saturated carbocycles. The largest absolute Gasteiger partial charge is 3.00 e. The molecule has 0 aliphatic heterocycles. The zero-order valence-corrected chi connectivity index (χ0v) is 56.5. The van der Waals surface area contributed by atoms with Gasteiger partial charge in [0.2, 0.25) is 0 Å². The molecule has 0 fully saturated rings. The molecule has 0 amide bonds. The van der Waals surface area contributed by atoms with Crippen molar-refractivity contribution >= 4 is 0 Å². The first-order valence-electron chi connectivity index (χ1n) is 29.0. The van der Waals surface area contributed by atoms with E-state index in [2.05, 4.69) is 234 Å². The van der Waals surface area contributed by atoms with Gasteiger partial charge in [-0.15, -0.1) is 23.0 Å². The van der Waals surface area contributed by atoms with Crippen LogP contribution in [0.1, 0.15) is 244 Å². The Bertz CT molecular complexity index is 2680. The fourth-order valence-electron chi connectivity index (χ4n) is 9.93. The quantitative estimate of drug-likeness (QED) is 0.111. The molecule has 2 radical (unpaired) electrons. The number of hydrogen-bond donors (Lipinski definition) is 0. The van der Waals surface area contributed by atoms with Crippen LogP contribution in [-0.2, 0) is 116 Å². The van der Waals surface area contributed by atoms with E-state index < -0.39 is 0 Å². The van der Waals surface area contributed by atoms with Crippen molar-refractivity contribution in [2.75, 3.05) is 0 Å². The van der Waals surface area contributed by atoms with E-state index in [1.165, 1.54) is 0 Å². The topological polar surface area (TPSA) is 124 Å². The Labute approximate surface area is 517 Å². The predicted molar refractivity (Wildman–Crippen MR) is 328 cm³/mol. The molecule has 0 saturated heterocycles. The van der Waals surface area contributed by atoms with Crippen LogP contribution in [0.2, 0.25) is 0 Å². The van der Waals surface area contributed by atoms with Crippen molar-refractivity contribution in [3.05, 3.63) is 175 Å². The van der Waals surface area contributed by atoms with E-state index in [-0.39, 0.29) is 99.3 Å². The molecule has 8 nitrogen and oxygen atoms in total. The summed E-state index contributed by atoms with van der Waals surface area (Å²) in [4.78, 5) is 13.6. The summed E-state index contributed by atoms with van der Waals surface area (Å²) in [5, 5.41) is 55.5. The van der Waals surface area contributed by atoms with Gasteiger partial charge in [-0.3, -0.25) is 19.8 Å². The predicted octanol–water partition coefficient (Wildman–Crippen LogP) is 15.2. The third kappa shape index (κ3) is 19.2. The Balaban J connectivity index is 0.000000420. The second-order valence-corrected chi connectivity index (χ2v) is 31.0. The van der Waals surface area contributed by atoms with Gasteiger partial charge in [-0.1, -0.05) is 227 Å². The second-order valence-electron chi connectivity index (χ2n) is 31.0. The van der Waals surface area contributed by atoms with Crippen LogP contribution in [0.15, 0.2) is 97.3 Å². The van der Waals surface area contributed by atoms with Crippen LogP contribution >= 0.6 is 0 Å². The van der Waals surface area contributed by atoms with Crippen LogP contribution in [0.3, 0.4) is 0 Å². The molecule has 0 spiro atoms. The molecule has 4 aromatic carbocycles. The monoisotopic (exact) mass is 1200 g/mol. The van der Waals surface area contributed by atoms with Crippen molar-refractivity contribution in [1.29, 1.82) is 0 Å². The standard InChI is InChI=1S/2C36H52N2O2.2Ni/c2*1-33(2,3)26-17-24(31(39)29(19-26)35(7,8)9)21-38(23-28-15-13-14-16-37-28)22-25-18-27(34(4,5)6)20-30(32(25)40)36(10,11)12;;/h2*13-20,39-40H,21-23H2,1-12H3;;/q;;2*+3/p-4. The minimum absolute atomic E-state index is 0. The van der Waals surface area contributed by atoms with Gasteiger partial charge < -0.3 is 20.4 Å². The average molecular weight is 1200 g/mol. The molecule has 0 bridgehead atoms. The van der Waals surface area contributed by atoms with Crippen molar-refractivity contribution in [2.24, 2.45) is 0 Å². The number of aromatic nitrogens is 2. The van der Waals surface area contributed by atoms with Crippen molar-refractivity contribution < 1.29 is 53.4 Å². The Morgan fingerprint density at radius 1 is 0.293 bits per heavy atom. The molecule has 6 aromatic rings. The molecule has 10 heteroatoms. The fourth-order valence-corrected chi connectivity index (χ4v) is 9.93. The van der Waals surface area contributed by atoms with Crippen LogP contribution in [0, 0.1) is 0 Å². The van der Waals surface area contributed by atoms with Gasteiger partial charge in [0, 0.05) is 51.7 Å². The van der Waals surface area contributed by atoms with E-state index in [0.717, 1.165) is 78.1 Å². The van der Waals surface area contributed by atoms with Crippen LogP contribution < -0.4 is 20.4 Å². The van der Waals surface area contributed by atoms with Gasteiger partial charge in [0.05, 0.1) is 11.4 Å². The van der Waals surface area contributed by atoms with Crippen LogP contribution in [0.4, 0.5) is 0 Å². The molecule has 0 aliphatic carbocycles. The number of pyridine rings is 2. The minimum Gasteiger partial charge on any atom is -0.872 e. The summed E-state index contributed by atoms with van der Waals surface area (Å²) < 4.78 is 0. The zero-order valence-electron chi connectivity index (χ0n) is 54.5. The molecule has 2 aromatic heterocycles. The van der Waals surface area contributed by atoms with Gasteiger partial charge in [-0.05, 0) is 134 Å². The first-order valence-corrected chi connectivity index (χ1v) is 29.0. The Morgan fingerprint density at radius 3 is 0.659 bits per heavy atom. The summed E-state index contributed by atoms with van der Waals surface area (Å²) in [6, 6.07) is 28.4. The smallest absolute Gasteiger partial charge is 0.872 e. The van der Waals surface area contributed by atoms with E-state index in [4.69, 9.17) is 0 Å². The van der Waals surface area contributed by atoms with Gasteiger partial charge in [-0.25, -0.2) is 0 Å². The second kappa shape index (κ2) is 26.7. The molecule has 82 heavy (non-hydrogen) atoms. The van der Waals surface area contributed by atoms with E-state index in [0.29, 0.717) is 39.3 Å². The normalized spacial score (nSPS) is 12.9.